The van der Waals surface area contributed by atoms with Crippen molar-refractivity contribution in [3.8, 4) is 10.6 Å². The van der Waals surface area contributed by atoms with Gasteiger partial charge in [0.25, 0.3) is 0 Å². The maximum Gasteiger partial charge on any atom is 0.303 e. The summed E-state index contributed by atoms with van der Waals surface area (Å²) in [6.07, 6.45) is 2.86. The molecule has 0 aromatic carbocycles. The summed E-state index contributed by atoms with van der Waals surface area (Å²) in [6.45, 7) is 0.975. The molecule has 3 rings (SSSR count). The van der Waals surface area contributed by atoms with Gasteiger partial charge in [-0.05, 0) is 24.3 Å². The van der Waals surface area contributed by atoms with Crippen molar-refractivity contribution in [2.24, 2.45) is 0 Å². The number of hydrogen-bond donors (Lipinski definition) is 1. The van der Waals surface area contributed by atoms with Gasteiger partial charge in [-0.25, -0.2) is 4.98 Å². The lowest BCUT2D eigenvalue weighted by atomic mass is 10.2. The van der Waals surface area contributed by atoms with Gasteiger partial charge in [-0.15, -0.1) is 11.3 Å². The first-order chi connectivity index (χ1) is 8.75. The fourth-order valence-corrected chi connectivity index (χ4v) is 3.22. The van der Waals surface area contributed by atoms with Gasteiger partial charge in [0, 0.05) is 18.7 Å². The van der Waals surface area contributed by atoms with Crippen molar-refractivity contribution >= 4 is 17.3 Å². The van der Waals surface area contributed by atoms with E-state index in [-0.39, 0.29) is 6.42 Å². The molecule has 0 fully saturated rings. The molecule has 5 heteroatoms. The largest absolute Gasteiger partial charge is 0.481 e. The second-order valence-electron chi connectivity index (χ2n) is 4.45. The molecule has 0 saturated heterocycles. The number of aromatic nitrogens is 2. The molecule has 0 radical (unpaired) electrons. The average molecular weight is 262 g/mol. The van der Waals surface area contributed by atoms with E-state index in [9.17, 15) is 4.79 Å². The minimum atomic E-state index is -0.761. The van der Waals surface area contributed by atoms with Gasteiger partial charge >= 0.3 is 5.97 Å². The molecule has 0 aliphatic carbocycles. The van der Waals surface area contributed by atoms with Crippen molar-refractivity contribution in [2.45, 2.75) is 32.2 Å². The molecule has 0 atom stereocenters. The molecule has 18 heavy (non-hydrogen) atoms. The third-order valence-electron chi connectivity index (χ3n) is 3.26. The molecule has 4 nitrogen and oxygen atoms in total. The van der Waals surface area contributed by atoms with Crippen molar-refractivity contribution in [3.63, 3.8) is 0 Å². The monoisotopic (exact) mass is 262 g/mol. The Labute approximate surface area is 109 Å². The number of hydrogen-bond acceptors (Lipinski definition) is 3. The zero-order valence-electron chi connectivity index (χ0n) is 9.93. The van der Waals surface area contributed by atoms with Crippen LogP contribution >= 0.6 is 11.3 Å². The topological polar surface area (TPSA) is 55.1 Å². The van der Waals surface area contributed by atoms with Crippen LogP contribution in [-0.2, 0) is 24.2 Å². The van der Waals surface area contributed by atoms with Crippen molar-refractivity contribution in [1.82, 2.24) is 9.55 Å². The summed E-state index contributed by atoms with van der Waals surface area (Å²) in [5.74, 6) is 0.163. The summed E-state index contributed by atoms with van der Waals surface area (Å²) < 4.78 is 2.21. The standard InChI is InChI=1S/C13H14N2O2S/c16-12(17)6-5-11-14-13(10-4-2-8-18-10)9-3-1-7-15(9)11/h2,4,8H,1,3,5-7H2,(H,16,17). The molecule has 1 aliphatic rings. The Morgan fingerprint density at radius 2 is 2.44 bits per heavy atom. The predicted molar refractivity (Wildman–Crippen MR) is 69.8 cm³/mol. The van der Waals surface area contributed by atoms with Crippen molar-refractivity contribution < 1.29 is 9.90 Å². The smallest absolute Gasteiger partial charge is 0.303 e. The van der Waals surface area contributed by atoms with Crippen LogP contribution in [0.4, 0.5) is 0 Å². The van der Waals surface area contributed by atoms with E-state index in [1.165, 1.54) is 10.6 Å². The summed E-state index contributed by atoms with van der Waals surface area (Å²) in [5.41, 5.74) is 2.33. The first kappa shape index (κ1) is 11.5. The van der Waals surface area contributed by atoms with Crippen LogP contribution in [0, 0.1) is 0 Å². The molecule has 94 valence electrons. The Balaban J connectivity index is 1.97. The maximum atomic E-state index is 10.7. The van der Waals surface area contributed by atoms with E-state index >= 15 is 0 Å². The Bertz CT molecular complexity index is 572. The van der Waals surface area contributed by atoms with Gasteiger partial charge in [-0.3, -0.25) is 4.79 Å². The second kappa shape index (κ2) is 4.57. The van der Waals surface area contributed by atoms with Gasteiger partial charge < -0.3 is 9.67 Å². The lowest BCUT2D eigenvalue weighted by Crippen LogP contribution is -2.04. The molecule has 2 aromatic heterocycles. The number of thiophene rings is 1. The molecule has 0 unspecified atom stereocenters. The number of carbonyl (C=O) groups is 1. The van der Waals surface area contributed by atoms with Crippen LogP contribution in [0.5, 0.6) is 0 Å². The van der Waals surface area contributed by atoms with E-state index in [0.29, 0.717) is 6.42 Å². The van der Waals surface area contributed by atoms with Gasteiger partial charge in [0.15, 0.2) is 0 Å². The van der Waals surface area contributed by atoms with E-state index in [1.807, 2.05) is 11.4 Å². The zero-order valence-corrected chi connectivity index (χ0v) is 10.7. The molecule has 0 bridgehead atoms. The first-order valence-corrected chi connectivity index (χ1v) is 6.97. The average Bonchev–Trinajstić information content (AvgIpc) is 3.04. The zero-order chi connectivity index (χ0) is 12.5. The minimum absolute atomic E-state index is 0.153. The van der Waals surface area contributed by atoms with Gasteiger partial charge in [0.1, 0.15) is 11.5 Å². The number of aliphatic carboxylic acids is 1. The molecule has 2 aromatic rings. The highest BCUT2D eigenvalue weighted by atomic mass is 32.1. The summed E-state index contributed by atoms with van der Waals surface area (Å²) in [6, 6.07) is 4.10. The number of rotatable bonds is 4. The Morgan fingerprint density at radius 1 is 1.56 bits per heavy atom. The van der Waals surface area contributed by atoms with Crippen LogP contribution < -0.4 is 0 Å². The van der Waals surface area contributed by atoms with E-state index < -0.39 is 5.97 Å². The molecule has 0 saturated carbocycles. The summed E-state index contributed by atoms with van der Waals surface area (Å²) in [5, 5.41) is 10.8. The number of carboxylic acid groups (broad SMARTS) is 1. The van der Waals surface area contributed by atoms with Gasteiger partial charge in [-0.2, -0.15) is 0 Å². The highest BCUT2D eigenvalue weighted by molar-refractivity contribution is 7.13. The number of imidazole rings is 1. The first-order valence-electron chi connectivity index (χ1n) is 6.09. The highest BCUT2D eigenvalue weighted by Crippen LogP contribution is 2.32. The lowest BCUT2D eigenvalue weighted by Gasteiger charge is -2.01. The van der Waals surface area contributed by atoms with E-state index in [2.05, 4.69) is 15.6 Å². The molecule has 1 N–H and O–H groups in total. The quantitative estimate of drug-likeness (QED) is 0.921. The van der Waals surface area contributed by atoms with Crippen LogP contribution in [0.15, 0.2) is 17.5 Å². The van der Waals surface area contributed by atoms with Crippen molar-refractivity contribution in [3.05, 3.63) is 29.0 Å². The lowest BCUT2D eigenvalue weighted by molar-refractivity contribution is -0.137. The maximum absolute atomic E-state index is 10.7. The molecule has 1 aliphatic heterocycles. The van der Waals surface area contributed by atoms with Crippen molar-refractivity contribution in [2.75, 3.05) is 0 Å². The van der Waals surface area contributed by atoms with E-state index in [1.54, 1.807) is 11.3 Å². The van der Waals surface area contributed by atoms with Crippen LogP contribution in [0.2, 0.25) is 0 Å². The van der Waals surface area contributed by atoms with E-state index in [0.717, 1.165) is 30.9 Å². The molecule has 0 spiro atoms. The predicted octanol–water partition coefficient (Wildman–Crippen LogP) is 2.58. The fraction of sp³-hybridized carbons (Fsp3) is 0.385. The number of carboxylic acids is 1. The van der Waals surface area contributed by atoms with Crippen molar-refractivity contribution in [1.29, 1.82) is 0 Å². The Morgan fingerprint density at radius 3 is 3.17 bits per heavy atom. The third-order valence-corrected chi connectivity index (χ3v) is 4.14. The fourth-order valence-electron chi connectivity index (χ4n) is 2.48. The normalized spacial score (nSPS) is 13.8. The van der Waals surface area contributed by atoms with Crippen LogP contribution in [-0.4, -0.2) is 20.6 Å². The third kappa shape index (κ3) is 1.95. The van der Waals surface area contributed by atoms with E-state index in [4.69, 9.17) is 5.11 Å². The Hall–Kier alpha value is -1.62. The Kier molecular flexibility index (Phi) is 2.91. The summed E-state index contributed by atoms with van der Waals surface area (Å²) >= 11 is 1.69. The minimum Gasteiger partial charge on any atom is -0.481 e. The van der Waals surface area contributed by atoms with Gasteiger partial charge in [-0.1, -0.05) is 6.07 Å². The van der Waals surface area contributed by atoms with Gasteiger partial charge in [0.2, 0.25) is 0 Å². The summed E-state index contributed by atoms with van der Waals surface area (Å²) in [7, 11) is 0. The van der Waals surface area contributed by atoms with Crippen LogP contribution in [0.3, 0.4) is 0 Å². The number of fused-ring (bicyclic) bond motifs is 1. The van der Waals surface area contributed by atoms with Gasteiger partial charge in [0.05, 0.1) is 11.3 Å². The molecule has 0 amide bonds. The number of nitrogens with zero attached hydrogens (tertiary/aromatic N) is 2. The molecular formula is C13H14N2O2S. The van der Waals surface area contributed by atoms with Crippen LogP contribution in [0.25, 0.3) is 10.6 Å². The molecular weight excluding hydrogens is 248 g/mol. The second-order valence-corrected chi connectivity index (χ2v) is 5.40. The molecule has 3 heterocycles. The highest BCUT2D eigenvalue weighted by Gasteiger charge is 2.22. The number of aryl methyl sites for hydroxylation is 1. The van der Waals surface area contributed by atoms with Crippen LogP contribution in [0.1, 0.15) is 24.4 Å². The summed E-state index contributed by atoms with van der Waals surface area (Å²) in [4.78, 5) is 16.5. The SMILES string of the molecule is O=C(O)CCc1nc(-c2cccs2)c2n1CCC2.